The lowest BCUT2D eigenvalue weighted by molar-refractivity contribution is 0.146. The summed E-state index contributed by atoms with van der Waals surface area (Å²) in [5.41, 5.74) is 0. The van der Waals surface area contributed by atoms with E-state index in [1.807, 2.05) is 0 Å². The maximum absolute atomic E-state index is 10.2. The Balaban J connectivity index is 3.60. The first kappa shape index (κ1) is 9.14. The summed E-state index contributed by atoms with van der Waals surface area (Å²) in [5.74, 6) is 0. The molecule has 0 saturated carbocycles. The van der Waals surface area contributed by atoms with Crippen LogP contribution in [0.5, 0.6) is 0 Å². The molecule has 0 atom stereocenters. The second kappa shape index (κ2) is 3.34. The standard InChI is InChI=1S/C3H4Cl3NO2/c1-7-2(8)9-3(4,5)6/h1H3,(H,7,8). The summed E-state index contributed by atoms with van der Waals surface area (Å²) in [6, 6.07) is 0. The SMILES string of the molecule is CNC(=O)OC(Cl)(Cl)Cl. The molecule has 0 aromatic heterocycles. The van der Waals surface area contributed by atoms with Crippen LogP contribution in [-0.2, 0) is 4.74 Å². The van der Waals surface area contributed by atoms with E-state index in [9.17, 15) is 4.79 Å². The molecule has 3 nitrogen and oxygen atoms in total. The molecule has 0 rings (SSSR count). The van der Waals surface area contributed by atoms with E-state index in [-0.39, 0.29) is 0 Å². The van der Waals surface area contributed by atoms with Crippen LogP contribution in [0.1, 0.15) is 0 Å². The fraction of sp³-hybridized carbons (Fsp3) is 0.667. The van der Waals surface area contributed by atoms with Crippen LogP contribution in [0.3, 0.4) is 0 Å². The van der Waals surface area contributed by atoms with E-state index in [2.05, 4.69) is 10.1 Å². The van der Waals surface area contributed by atoms with Gasteiger partial charge in [0.1, 0.15) is 0 Å². The predicted octanol–water partition coefficient (Wildman–Crippen LogP) is 1.67. The fourth-order valence-electron chi connectivity index (χ4n) is 0.156. The molecule has 0 unspecified atom stereocenters. The Morgan fingerprint density at radius 2 is 2.00 bits per heavy atom. The number of nitrogens with one attached hydrogen (secondary N) is 1. The van der Waals surface area contributed by atoms with Gasteiger partial charge in [-0.2, -0.15) is 0 Å². The molecule has 0 saturated heterocycles. The van der Waals surface area contributed by atoms with Crippen molar-refractivity contribution < 1.29 is 9.53 Å². The summed E-state index contributed by atoms with van der Waals surface area (Å²) in [5, 5.41) is 2.11. The van der Waals surface area contributed by atoms with Gasteiger partial charge in [0.25, 0.3) is 0 Å². The van der Waals surface area contributed by atoms with Crippen LogP contribution in [0.2, 0.25) is 0 Å². The third-order valence-corrected chi connectivity index (χ3v) is 0.644. The van der Waals surface area contributed by atoms with E-state index in [1.165, 1.54) is 7.05 Å². The molecule has 0 fully saturated rings. The average Bonchev–Trinajstić information content (AvgIpc) is 1.62. The number of carbonyl (C=O) groups is 1. The summed E-state index contributed by atoms with van der Waals surface area (Å²) >= 11 is 15.2. The zero-order chi connectivity index (χ0) is 7.49. The van der Waals surface area contributed by atoms with Gasteiger partial charge in [0.05, 0.1) is 0 Å². The van der Waals surface area contributed by atoms with E-state index in [1.54, 1.807) is 0 Å². The zero-order valence-corrected chi connectivity index (χ0v) is 6.72. The van der Waals surface area contributed by atoms with Crippen molar-refractivity contribution in [1.29, 1.82) is 0 Å². The highest BCUT2D eigenvalue weighted by Crippen LogP contribution is 2.26. The molecule has 0 radical (unpaired) electrons. The molecular weight excluding hydrogens is 188 g/mol. The molecule has 0 aliphatic heterocycles. The van der Waals surface area contributed by atoms with Crippen molar-refractivity contribution >= 4 is 40.9 Å². The Kier molecular flexibility index (Phi) is 3.40. The smallest absolute Gasteiger partial charge is 0.398 e. The first-order valence-corrected chi connectivity index (χ1v) is 3.06. The molecule has 0 aromatic rings. The zero-order valence-electron chi connectivity index (χ0n) is 4.45. The molecule has 0 aliphatic rings. The molecule has 6 heteroatoms. The van der Waals surface area contributed by atoms with Gasteiger partial charge in [-0.3, -0.25) is 0 Å². The highest BCUT2D eigenvalue weighted by molar-refractivity contribution is 6.66. The third-order valence-electron chi connectivity index (χ3n) is 0.413. The van der Waals surface area contributed by atoms with Crippen LogP contribution in [-0.4, -0.2) is 17.1 Å². The maximum atomic E-state index is 10.2. The minimum absolute atomic E-state index is 0.782. The lowest BCUT2D eigenvalue weighted by Crippen LogP contribution is -2.25. The van der Waals surface area contributed by atoms with Gasteiger partial charge in [-0.05, 0) is 34.8 Å². The van der Waals surface area contributed by atoms with Crippen LogP contribution in [0.25, 0.3) is 0 Å². The van der Waals surface area contributed by atoms with Crippen molar-refractivity contribution in [3.8, 4) is 0 Å². The van der Waals surface area contributed by atoms with Gasteiger partial charge >= 0.3 is 10.1 Å². The van der Waals surface area contributed by atoms with E-state index < -0.39 is 10.1 Å². The number of carbonyl (C=O) groups excluding carboxylic acids is 1. The van der Waals surface area contributed by atoms with Crippen molar-refractivity contribution in [2.24, 2.45) is 0 Å². The number of rotatable bonds is 0. The Labute approximate surface area is 67.2 Å². The molecule has 9 heavy (non-hydrogen) atoms. The molecule has 0 heterocycles. The number of ether oxygens (including phenoxy) is 1. The topological polar surface area (TPSA) is 38.3 Å². The van der Waals surface area contributed by atoms with Crippen molar-refractivity contribution in [3.05, 3.63) is 0 Å². The third kappa shape index (κ3) is 6.02. The highest BCUT2D eigenvalue weighted by atomic mass is 35.6. The van der Waals surface area contributed by atoms with Gasteiger partial charge in [0.2, 0.25) is 0 Å². The molecule has 0 spiro atoms. The van der Waals surface area contributed by atoms with Crippen LogP contribution in [0, 0.1) is 0 Å². The maximum Gasteiger partial charge on any atom is 0.410 e. The number of alkyl halides is 3. The number of halogens is 3. The Bertz CT molecular complexity index is 110. The number of amides is 1. The molecular formula is C3H4Cl3NO2. The molecule has 1 amide bonds. The molecule has 1 N–H and O–H groups in total. The van der Waals surface area contributed by atoms with Crippen LogP contribution in [0.4, 0.5) is 4.79 Å². The van der Waals surface area contributed by atoms with Crippen LogP contribution in [0.15, 0.2) is 0 Å². The summed E-state index contributed by atoms with van der Waals surface area (Å²) in [6.07, 6.45) is -0.782. The average molecular weight is 192 g/mol. The number of alkyl carbamates (subject to hydrolysis) is 1. The normalized spacial score (nSPS) is 10.7. The van der Waals surface area contributed by atoms with Crippen molar-refractivity contribution in [1.82, 2.24) is 5.32 Å². The quantitative estimate of drug-likeness (QED) is 0.593. The second-order valence-electron chi connectivity index (χ2n) is 1.09. The largest absolute Gasteiger partial charge is 0.410 e. The van der Waals surface area contributed by atoms with Crippen LogP contribution >= 0.6 is 34.8 Å². The van der Waals surface area contributed by atoms with Gasteiger partial charge in [-0.25, -0.2) is 4.79 Å². The predicted molar refractivity (Wildman–Crippen MR) is 35.8 cm³/mol. The van der Waals surface area contributed by atoms with E-state index in [4.69, 9.17) is 34.8 Å². The van der Waals surface area contributed by atoms with Gasteiger partial charge in [0, 0.05) is 7.05 Å². The number of hydrogen-bond acceptors (Lipinski definition) is 2. The monoisotopic (exact) mass is 191 g/mol. The van der Waals surface area contributed by atoms with Crippen molar-refractivity contribution in [3.63, 3.8) is 0 Å². The summed E-state index contributed by atoms with van der Waals surface area (Å²) in [4.78, 5) is 10.2. The van der Waals surface area contributed by atoms with Gasteiger partial charge < -0.3 is 10.1 Å². The first-order chi connectivity index (χ1) is 3.95. The van der Waals surface area contributed by atoms with Gasteiger partial charge in [-0.1, -0.05) is 0 Å². The van der Waals surface area contributed by atoms with Crippen LogP contribution < -0.4 is 5.32 Å². The van der Waals surface area contributed by atoms with Crippen molar-refractivity contribution in [2.75, 3.05) is 7.05 Å². The fourth-order valence-corrected chi connectivity index (χ4v) is 0.366. The minimum Gasteiger partial charge on any atom is -0.398 e. The Morgan fingerprint density at radius 1 is 1.56 bits per heavy atom. The van der Waals surface area contributed by atoms with Gasteiger partial charge in [0.15, 0.2) is 0 Å². The lowest BCUT2D eigenvalue weighted by Gasteiger charge is -2.10. The van der Waals surface area contributed by atoms with E-state index in [0.29, 0.717) is 0 Å². The molecule has 0 aliphatic carbocycles. The Hall–Kier alpha value is 0.140. The number of hydrogen-bond donors (Lipinski definition) is 1. The first-order valence-electron chi connectivity index (χ1n) is 1.93. The second-order valence-corrected chi connectivity index (χ2v) is 3.26. The lowest BCUT2D eigenvalue weighted by atomic mass is 11.1. The van der Waals surface area contributed by atoms with E-state index >= 15 is 0 Å². The summed E-state index contributed by atoms with van der Waals surface area (Å²) < 4.78 is 2.16. The Morgan fingerprint density at radius 3 is 2.11 bits per heavy atom. The molecule has 0 bridgehead atoms. The van der Waals surface area contributed by atoms with E-state index in [0.717, 1.165) is 0 Å². The van der Waals surface area contributed by atoms with Crippen molar-refractivity contribution in [2.45, 2.75) is 3.98 Å². The molecule has 0 aromatic carbocycles. The summed E-state index contributed by atoms with van der Waals surface area (Å²) in [7, 11) is 1.36. The highest BCUT2D eigenvalue weighted by Gasteiger charge is 2.24. The summed E-state index contributed by atoms with van der Waals surface area (Å²) in [6.45, 7) is 0. The minimum atomic E-state index is -1.97. The van der Waals surface area contributed by atoms with Gasteiger partial charge in [-0.15, -0.1) is 0 Å². The molecule has 54 valence electrons.